The van der Waals surface area contributed by atoms with Gasteiger partial charge in [-0.25, -0.2) is 4.39 Å². The summed E-state index contributed by atoms with van der Waals surface area (Å²) in [5.74, 6) is 1.05. The molecule has 0 saturated carbocycles. The minimum Gasteiger partial charge on any atom is -0.493 e. The maximum absolute atomic E-state index is 12.8. The lowest BCUT2D eigenvalue weighted by molar-refractivity contribution is 0.211. The third kappa shape index (κ3) is 4.71. The number of hydrogen-bond donors (Lipinski definition) is 1. The summed E-state index contributed by atoms with van der Waals surface area (Å²) in [4.78, 5) is 0.219. The van der Waals surface area contributed by atoms with E-state index in [4.69, 9.17) is 43.8 Å². The van der Waals surface area contributed by atoms with Gasteiger partial charge in [-0.15, -0.1) is 0 Å². The van der Waals surface area contributed by atoms with Crippen LogP contribution in [0.4, 0.5) is 4.39 Å². The van der Waals surface area contributed by atoms with Gasteiger partial charge in [-0.05, 0) is 36.4 Å². The molecule has 0 unspecified atom stereocenters. The van der Waals surface area contributed by atoms with Crippen LogP contribution in [0.1, 0.15) is 5.56 Å². The lowest BCUT2D eigenvalue weighted by atomic mass is 10.2. The molecule has 0 radical (unpaired) electrons. The zero-order valence-corrected chi connectivity index (χ0v) is 13.9. The fourth-order valence-corrected chi connectivity index (χ4v) is 2.22. The quantitative estimate of drug-likeness (QED) is 0.607. The predicted molar refractivity (Wildman–Crippen MR) is 91.3 cm³/mol. The number of halogens is 2. The van der Waals surface area contributed by atoms with Crippen molar-refractivity contribution in [2.75, 3.05) is 20.3 Å². The molecular weight excluding hydrogens is 341 g/mol. The first-order chi connectivity index (χ1) is 11.0. The molecule has 0 bridgehead atoms. The molecule has 0 amide bonds. The Hall–Kier alpha value is -2.05. The monoisotopic (exact) mass is 355 g/mol. The molecule has 2 aromatic rings. The maximum Gasteiger partial charge on any atom is 0.179 e. The molecular formula is C16H15ClFNO3S. The SMILES string of the molecule is COc1cc(C(N)=S)cc(Cl)c1OCCOc1ccc(F)cc1. The number of methoxy groups -OCH3 is 1. The average Bonchev–Trinajstić information content (AvgIpc) is 2.53. The summed E-state index contributed by atoms with van der Waals surface area (Å²) in [5, 5.41) is 0.342. The number of ether oxygens (including phenoxy) is 3. The van der Waals surface area contributed by atoms with Crippen molar-refractivity contribution in [3.63, 3.8) is 0 Å². The highest BCUT2D eigenvalue weighted by molar-refractivity contribution is 7.80. The van der Waals surface area contributed by atoms with E-state index in [1.54, 1.807) is 24.3 Å². The molecule has 0 fully saturated rings. The second-order valence-electron chi connectivity index (χ2n) is 4.50. The van der Waals surface area contributed by atoms with Gasteiger partial charge in [-0.1, -0.05) is 23.8 Å². The van der Waals surface area contributed by atoms with Crippen LogP contribution in [-0.4, -0.2) is 25.3 Å². The van der Waals surface area contributed by atoms with Gasteiger partial charge < -0.3 is 19.9 Å². The van der Waals surface area contributed by atoms with Crippen LogP contribution in [0.25, 0.3) is 0 Å². The highest BCUT2D eigenvalue weighted by atomic mass is 35.5. The molecule has 23 heavy (non-hydrogen) atoms. The summed E-state index contributed by atoms with van der Waals surface area (Å²) in [6.45, 7) is 0.502. The zero-order chi connectivity index (χ0) is 16.8. The van der Waals surface area contributed by atoms with Crippen molar-refractivity contribution in [1.29, 1.82) is 0 Å². The van der Waals surface area contributed by atoms with Gasteiger partial charge in [0.1, 0.15) is 29.8 Å². The van der Waals surface area contributed by atoms with Crippen molar-refractivity contribution in [3.05, 3.63) is 52.8 Å². The van der Waals surface area contributed by atoms with E-state index in [-0.39, 0.29) is 24.0 Å². The summed E-state index contributed by atoms with van der Waals surface area (Å²) in [6.07, 6.45) is 0. The first-order valence-electron chi connectivity index (χ1n) is 6.69. The normalized spacial score (nSPS) is 10.2. The molecule has 0 aliphatic heterocycles. The van der Waals surface area contributed by atoms with Gasteiger partial charge in [-0.3, -0.25) is 0 Å². The number of thiocarbonyl (C=S) groups is 1. The van der Waals surface area contributed by atoms with Crippen LogP contribution < -0.4 is 19.9 Å². The van der Waals surface area contributed by atoms with Gasteiger partial charge in [0.2, 0.25) is 0 Å². The molecule has 0 atom stereocenters. The van der Waals surface area contributed by atoms with E-state index < -0.39 is 0 Å². The van der Waals surface area contributed by atoms with Crippen molar-refractivity contribution < 1.29 is 18.6 Å². The third-order valence-electron chi connectivity index (χ3n) is 2.93. The lowest BCUT2D eigenvalue weighted by Crippen LogP contribution is -2.12. The Bertz CT molecular complexity index is 694. The molecule has 0 aromatic heterocycles. The Kier molecular flexibility index (Phi) is 6.01. The number of nitrogens with two attached hydrogens (primary N) is 1. The van der Waals surface area contributed by atoms with E-state index in [9.17, 15) is 4.39 Å². The van der Waals surface area contributed by atoms with Gasteiger partial charge in [0, 0.05) is 5.56 Å². The highest BCUT2D eigenvalue weighted by Gasteiger charge is 2.13. The molecule has 122 valence electrons. The largest absolute Gasteiger partial charge is 0.493 e. The molecule has 2 rings (SSSR count). The van der Waals surface area contributed by atoms with E-state index in [1.165, 1.54) is 19.2 Å². The van der Waals surface area contributed by atoms with Crippen molar-refractivity contribution in [2.45, 2.75) is 0 Å². The van der Waals surface area contributed by atoms with Crippen molar-refractivity contribution in [3.8, 4) is 17.2 Å². The van der Waals surface area contributed by atoms with E-state index in [0.29, 0.717) is 27.8 Å². The Labute approximate surface area is 143 Å². The smallest absolute Gasteiger partial charge is 0.179 e. The van der Waals surface area contributed by atoms with Crippen LogP contribution >= 0.6 is 23.8 Å². The summed E-state index contributed by atoms with van der Waals surface area (Å²) in [5.41, 5.74) is 6.18. The fraction of sp³-hybridized carbons (Fsp3) is 0.188. The minimum absolute atomic E-state index is 0.219. The van der Waals surface area contributed by atoms with Gasteiger partial charge >= 0.3 is 0 Å². The van der Waals surface area contributed by atoms with E-state index in [1.807, 2.05) is 0 Å². The van der Waals surface area contributed by atoms with Crippen LogP contribution in [0.3, 0.4) is 0 Å². The number of benzene rings is 2. The van der Waals surface area contributed by atoms with Crippen molar-refractivity contribution in [1.82, 2.24) is 0 Å². The summed E-state index contributed by atoms with van der Waals surface area (Å²) in [7, 11) is 1.50. The van der Waals surface area contributed by atoms with Crippen LogP contribution in [0.2, 0.25) is 5.02 Å². The minimum atomic E-state index is -0.317. The fourth-order valence-electron chi connectivity index (χ4n) is 1.84. The van der Waals surface area contributed by atoms with Gasteiger partial charge in [0.25, 0.3) is 0 Å². The van der Waals surface area contributed by atoms with Gasteiger partial charge in [-0.2, -0.15) is 0 Å². The second kappa shape index (κ2) is 7.99. The third-order valence-corrected chi connectivity index (χ3v) is 3.44. The zero-order valence-electron chi connectivity index (χ0n) is 12.3. The number of hydrogen-bond acceptors (Lipinski definition) is 4. The van der Waals surface area contributed by atoms with Crippen LogP contribution in [-0.2, 0) is 0 Å². The summed E-state index contributed by atoms with van der Waals surface area (Å²) < 4.78 is 29.1. The number of rotatable bonds is 7. The molecule has 2 N–H and O–H groups in total. The molecule has 2 aromatic carbocycles. The Morgan fingerprint density at radius 1 is 1.17 bits per heavy atom. The first kappa shape index (κ1) is 17.3. The average molecular weight is 356 g/mol. The van der Waals surface area contributed by atoms with Crippen molar-refractivity contribution in [2.24, 2.45) is 5.73 Å². The van der Waals surface area contributed by atoms with E-state index >= 15 is 0 Å². The van der Waals surface area contributed by atoms with E-state index in [0.717, 1.165) is 0 Å². The molecule has 0 aliphatic carbocycles. The predicted octanol–water partition coefficient (Wildman–Crippen LogP) is 3.58. The van der Waals surface area contributed by atoms with Crippen LogP contribution in [0, 0.1) is 5.82 Å². The molecule has 0 spiro atoms. The first-order valence-corrected chi connectivity index (χ1v) is 7.48. The molecule has 4 nitrogen and oxygen atoms in total. The van der Waals surface area contributed by atoms with Gasteiger partial charge in [0.15, 0.2) is 11.5 Å². The Morgan fingerprint density at radius 2 is 1.83 bits per heavy atom. The highest BCUT2D eigenvalue weighted by Crippen LogP contribution is 2.36. The van der Waals surface area contributed by atoms with E-state index in [2.05, 4.69) is 0 Å². The lowest BCUT2D eigenvalue weighted by Gasteiger charge is -2.14. The molecule has 7 heteroatoms. The van der Waals surface area contributed by atoms with Gasteiger partial charge in [0.05, 0.1) is 12.1 Å². The Morgan fingerprint density at radius 3 is 2.43 bits per heavy atom. The molecule has 0 saturated heterocycles. The molecule has 0 aliphatic rings. The standard InChI is InChI=1S/C16H15ClFNO3S/c1-20-14-9-10(16(19)23)8-13(17)15(14)22-7-6-21-12-4-2-11(18)3-5-12/h2-5,8-9H,6-7H2,1H3,(H2,19,23). The topological polar surface area (TPSA) is 53.7 Å². The summed E-state index contributed by atoms with van der Waals surface area (Å²) >= 11 is 11.1. The maximum atomic E-state index is 12.8. The second-order valence-corrected chi connectivity index (χ2v) is 5.35. The Balaban J connectivity index is 1.97. The van der Waals surface area contributed by atoms with Crippen molar-refractivity contribution >= 4 is 28.8 Å². The van der Waals surface area contributed by atoms with Crippen LogP contribution in [0.15, 0.2) is 36.4 Å². The summed E-state index contributed by atoms with van der Waals surface area (Å²) in [6, 6.07) is 9.00. The van der Waals surface area contributed by atoms with Crippen LogP contribution in [0.5, 0.6) is 17.2 Å². The molecule has 0 heterocycles.